The number of ether oxygens (including phenoxy) is 3. The Kier molecular flexibility index (Phi) is 7.84. The Bertz CT molecular complexity index is 1400. The Morgan fingerprint density at radius 2 is 1.76 bits per heavy atom. The highest BCUT2D eigenvalue weighted by Gasteiger charge is 2.29. The fourth-order valence-electron chi connectivity index (χ4n) is 5.03. The molecule has 7 heteroatoms. The third kappa shape index (κ3) is 5.63. The fourth-order valence-corrected chi connectivity index (χ4v) is 5.03. The third-order valence-electron chi connectivity index (χ3n) is 7.21. The van der Waals surface area contributed by atoms with Crippen LogP contribution in [0.3, 0.4) is 0 Å². The molecule has 198 valence electrons. The highest BCUT2D eigenvalue weighted by molar-refractivity contribution is 5.99. The van der Waals surface area contributed by atoms with Gasteiger partial charge in [-0.3, -0.25) is 4.79 Å². The van der Waals surface area contributed by atoms with Crippen LogP contribution in [0.1, 0.15) is 33.5 Å². The van der Waals surface area contributed by atoms with Gasteiger partial charge in [0, 0.05) is 42.3 Å². The number of likely N-dealkylation sites (N-methyl/N-ethyl adjacent to an activating group) is 1. The zero-order chi connectivity index (χ0) is 26.5. The largest absolute Gasteiger partial charge is 0.493 e. The maximum absolute atomic E-state index is 12.9. The molecule has 0 spiro atoms. The van der Waals surface area contributed by atoms with Crippen LogP contribution in [0.5, 0.6) is 17.2 Å². The van der Waals surface area contributed by atoms with Gasteiger partial charge in [0.2, 0.25) is 0 Å². The quantitative estimate of drug-likeness (QED) is 0.279. The number of nitrogens with zero attached hydrogens (tertiary/aromatic N) is 2. The molecule has 0 saturated heterocycles. The average molecular weight is 514 g/mol. The number of carbonyl (C=O) groups excluding carboxylic acids is 1. The molecule has 1 amide bonds. The summed E-state index contributed by atoms with van der Waals surface area (Å²) in [6.07, 6.45) is 3.95. The highest BCUT2D eigenvalue weighted by Crippen LogP contribution is 2.35. The summed E-state index contributed by atoms with van der Waals surface area (Å²) in [6, 6.07) is 20.1. The van der Waals surface area contributed by atoms with E-state index in [1.807, 2.05) is 35.2 Å². The topological polar surface area (TPSA) is 67.0 Å². The lowest BCUT2D eigenvalue weighted by molar-refractivity contribution is 0.0772. The molecule has 0 radical (unpaired) electrons. The molecule has 0 aliphatic carbocycles. The normalized spacial score (nSPS) is 12.8. The Balaban J connectivity index is 1.11. The van der Waals surface area contributed by atoms with E-state index >= 15 is 0 Å². The smallest absolute Gasteiger partial charge is 0.254 e. The van der Waals surface area contributed by atoms with Gasteiger partial charge >= 0.3 is 0 Å². The maximum atomic E-state index is 12.9. The van der Waals surface area contributed by atoms with Crippen LogP contribution in [0.15, 0.2) is 66.9 Å². The van der Waals surface area contributed by atoms with Crippen molar-refractivity contribution in [2.75, 3.05) is 40.9 Å². The summed E-state index contributed by atoms with van der Waals surface area (Å²) in [5, 5.41) is 1.20. The Labute approximate surface area is 223 Å². The summed E-state index contributed by atoms with van der Waals surface area (Å²) >= 11 is 0. The molecule has 2 heterocycles. The number of amides is 1. The summed E-state index contributed by atoms with van der Waals surface area (Å²) in [7, 11) is 5.34. The van der Waals surface area contributed by atoms with Gasteiger partial charge in [-0.05, 0) is 73.5 Å². The van der Waals surface area contributed by atoms with E-state index in [0.717, 1.165) is 54.9 Å². The standard InChI is InChI=1S/C31H35N3O4/c1-33(13-7-14-34-20-24-16-29(36-2)30(37-3)18-27(24)31(34)35)15-12-23-19-32-28-11-10-25(17-26(23)28)38-21-22-8-5-4-6-9-22/h4-6,8-11,16-19,32H,7,12-15,20-21H2,1-3H3. The summed E-state index contributed by atoms with van der Waals surface area (Å²) in [6.45, 7) is 3.74. The number of fused-ring (bicyclic) bond motifs is 2. The molecule has 1 N–H and O–H groups in total. The van der Waals surface area contributed by atoms with E-state index in [0.29, 0.717) is 30.2 Å². The highest BCUT2D eigenvalue weighted by atomic mass is 16.5. The Hall–Kier alpha value is -3.97. The number of carbonyl (C=O) groups is 1. The van der Waals surface area contributed by atoms with Crippen LogP contribution in [-0.4, -0.2) is 61.6 Å². The van der Waals surface area contributed by atoms with Crippen molar-refractivity contribution >= 4 is 16.8 Å². The molecule has 1 aliphatic heterocycles. The van der Waals surface area contributed by atoms with Crippen molar-refractivity contribution in [2.24, 2.45) is 0 Å². The van der Waals surface area contributed by atoms with Gasteiger partial charge in [0.25, 0.3) is 5.91 Å². The summed E-state index contributed by atoms with van der Waals surface area (Å²) < 4.78 is 16.8. The van der Waals surface area contributed by atoms with Gasteiger partial charge in [-0.2, -0.15) is 0 Å². The van der Waals surface area contributed by atoms with Gasteiger partial charge in [-0.15, -0.1) is 0 Å². The molecule has 38 heavy (non-hydrogen) atoms. The Morgan fingerprint density at radius 3 is 2.55 bits per heavy atom. The van der Waals surface area contributed by atoms with Crippen LogP contribution < -0.4 is 14.2 Å². The van der Waals surface area contributed by atoms with Crippen molar-refractivity contribution in [3.8, 4) is 17.2 Å². The second-order valence-electron chi connectivity index (χ2n) is 9.79. The maximum Gasteiger partial charge on any atom is 0.254 e. The van der Waals surface area contributed by atoms with Crippen molar-refractivity contribution in [1.29, 1.82) is 0 Å². The zero-order valence-corrected chi connectivity index (χ0v) is 22.3. The molecule has 0 unspecified atom stereocenters. The SMILES string of the molecule is COc1cc2c(cc1OC)C(=O)N(CCCN(C)CCc1c[nH]c3ccc(OCc4ccccc4)cc13)C2. The average Bonchev–Trinajstić information content (AvgIpc) is 3.50. The fraction of sp³-hybridized carbons (Fsp3) is 0.323. The first kappa shape index (κ1) is 25.7. The minimum atomic E-state index is 0.0627. The van der Waals surface area contributed by atoms with Crippen molar-refractivity contribution in [2.45, 2.75) is 26.0 Å². The summed E-state index contributed by atoms with van der Waals surface area (Å²) in [4.78, 5) is 20.5. The van der Waals surface area contributed by atoms with Crippen LogP contribution in [0, 0.1) is 0 Å². The second-order valence-corrected chi connectivity index (χ2v) is 9.79. The lowest BCUT2D eigenvalue weighted by Crippen LogP contribution is -2.29. The first-order valence-corrected chi connectivity index (χ1v) is 13.0. The predicted molar refractivity (Wildman–Crippen MR) is 149 cm³/mol. The monoisotopic (exact) mass is 513 g/mol. The van der Waals surface area contributed by atoms with E-state index in [1.54, 1.807) is 20.3 Å². The number of H-pyrrole nitrogens is 1. The molecule has 1 aliphatic rings. The molecule has 0 fully saturated rings. The second kappa shape index (κ2) is 11.6. The number of aromatic nitrogens is 1. The van der Waals surface area contributed by atoms with Crippen molar-refractivity contribution in [3.05, 3.63) is 89.1 Å². The predicted octanol–water partition coefficient (Wildman–Crippen LogP) is 5.28. The molecular formula is C31H35N3O4. The zero-order valence-electron chi connectivity index (χ0n) is 22.3. The van der Waals surface area contributed by atoms with Crippen LogP contribution in [0.25, 0.3) is 10.9 Å². The van der Waals surface area contributed by atoms with Gasteiger partial charge in [0.1, 0.15) is 12.4 Å². The van der Waals surface area contributed by atoms with Crippen molar-refractivity contribution < 1.29 is 19.0 Å². The van der Waals surface area contributed by atoms with E-state index in [4.69, 9.17) is 14.2 Å². The number of hydrogen-bond acceptors (Lipinski definition) is 5. The molecule has 1 aromatic heterocycles. The van der Waals surface area contributed by atoms with Gasteiger partial charge < -0.3 is 29.0 Å². The number of nitrogens with one attached hydrogen (secondary N) is 1. The van der Waals surface area contributed by atoms with Gasteiger partial charge in [-0.25, -0.2) is 0 Å². The molecule has 3 aromatic carbocycles. The van der Waals surface area contributed by atoms with E-state index in [9.17, 15) is 4.79 Å². The van der Waals surface area contributed by atoms with E-state index in [-0.39, 0.29) is 5.91 Å². The molecule has 7 nitrogen and oxygen atoms in total. The number of methoxy groups -OCH3 is 2. The van der Waals surface area contributed by atoms with Crippen LogP contribution in [-0.2, 0) is 19.6 Å². The molecule has 0 saturated carbocycles. The van der Waals surface area contributed by atoms with E-state index < -0.39 is 0 Å². The Morgan fingerprint density at radius 1 is 0.974 bits per heavy atom. The van der Waals surface area contributed by atoms with Gasteiger partial charge in [0.05, 0.1) is 14.2 Å². The van der Waals surface area contributed by atoms with E-state index in [1.165, 1.54) is 10.9 Å². The van der Waals surface area contributed by atoms with E-state index in [2.05, 4.69) is 47.4 Å². The minimum absolute atomic E-state index is 0.0627. The van der Waals surface area contributed by atoms with Crippen LogP contribution in [0.4, 0.5) is 0 Å². The molecular weight excluding hydrogens is 478 g/mol. The number of hydrogen-bond donors (Lipinski definition) is 1. The van der Waals surface area contributed by atoms with Crippen molar-refractivity contribution in [3.63, 3.8) is 0 Å². The molecule has 0 atom stereocenters. The molecule has 0 bridgehead atoms. The van der Waals surface area contributed by atoms with Crippen LogP contribution in [0.2, 0.25) is 0 Å². The van der Waals surface area contributed by atoms with Gasteiger partial charge in [0.15, 0.2) is 11.5 Å². The lowest BCUT2D eigenvalue weighted by atomic mass is 10.1. The summed E-state index contributed by atoms with van der Waals surface area (Å²) in [5.41, 5.74) is 5.26. The number of rotatable bonds is 12. The first-order valence-electron chi connectivity index (χ1n) is 13.0. The van der Waals surface area contributed by atoms with Crippen molar-refractivity contribution in [1.82, 2.24) is 14.8 Å². The third-order valence-corrected chi connectivity index (χ3v) is 7.21. The van der Waals surface area contributed by atoms with Gasteiger partial charge in [-0.1, -0.05) is 30.3 Å². The van der Waals surface area contributed by atoms with Crippen LogP contribution >= 0.6 is 0 Å². The first-order chi connectivity index (χ1) is 18.6. The number of benzene rings is 3. The number of aromatic amines is 1. The lowest BCUT2D eigenvalue weighted by Gasteiger charge is -2.20. The molecule has 4 aromatic rings. The summed E-state index contributed by atoms with van der Waals surface area (Å²) in [5.74, 6) is 2.19. The molecule has 5 rings (SSSR count). The minimum Gasteiger partial charge on any atom is -0.493 e.